The van der Waals surface area contributed by atoms with E-state index in [9.17, 15) is 12.8 Å². The normalized spacial score (nSPS) is 18.0. The summed E-state index contributed by atoms with van der Waals surface area (Å²) in [7, 11) is -3.28. The molecule has 0 bridgehead atoms. The van der Waals surface area contributed by atoms with Gasteiger partial charge in [0.2, 0.25) is 10.0 Å². The molecule has 1 fully saturated rings. The van der Waals surface area contributed by atoms with Gasteiger partial charge in [-0.3, -0.25) is 4.90 Å². The van der Waals surface area contributed by atoms with Crippen LogP contribution in [0.25, 0.3) is 0 Å². The topological polar surface area (TPSA) is 58.6 Å². The molecule has 0 amide bonds. The highest BCUT2D eigenvalue weighted by molar-refractivity contribution is 7.89. The van der Waals surface area contributed by atoms with E-state index in [2.05, 4.69) is 9.62 Å². The zero-order valence-electron chi connectivity index (χ0n) is 13.5. The molecule has 0 spiro atoms. The number of benzene rings is 1. The lowest BCUT2D eigenvalue weighted by molar-refractivity contribution is 0.0172. The average Bonchev–Trinajstić information content (AvgIpc) is 2.56. The number of rotatable bonds is 8. The minimum Gasteiger partial charge on any atom is -0.379 e. The van der Waals surface area contributed by atoms with E-state index < -0.39 is 10.0 Å². The molecule has 1 aromatic rings. The smallest absolute Gasteiger partial charge is 0.211 e. The Bertz CT molecular complexity index is 571. The summed E-state index contributed by atoms with van der Waals surface area (Å²) < 4.78 is 45.3. The van der Waals surface area contributed by atoms with Crippen LogP contribution in [0, 0.1) is 5.82 Å². The van der Waals surface area contributed by atoms with Crippen LogP contribution < -0.4 is 4.72 Å². The molecule has 1 saturated heterocycles. The quantitative estimate of drug-likeness (QED) is 0.783. The molecule has 1 atom stereocenters. The number of hydrogen-bond acceptors (Lipinski definition) is 4. The molecule has 130 valence electrons. The highest BCUT2D eigenvalue weighted by atomic mass is 32.2. The predicted octanol–water partition coefficient (Wildman–Crippen LogP) is 1.92. The fraction of sp³-hybridized carbons (Fsp3) is 0.625. The van der Waals surface area contributed by atoms with Gasteiger partial charge in [-0.2, -0.15) is 0 Å². The minimum atomic E-state index is -3.28. The summed E-state index contributed by atoms with van der Waals surface area (Å²) in [6.45, 7) is 4.97. The molecule has 0 radical (unpaired) electrons. The van der Waals surface area contributed by atoms with Crippen molar-refractivity contribution in [2.24, 2.45) is 0 Å². The maximum atomic E-state index is 13.2. The molecule has 1 N–H and O–H groups in total. The van der Waals surface area contributed by atoms with Crippen molar-refractivity contribution < 1.29 is 17.5 Å². The Labute approximate surface area is 137 Å². The van der Waals surface area contributed by atoms with Crippen LogP contribution in [-0.2, 0) is 14.8 Å². The molecular weight excluding hydrogens is 319 g/mol. The Morgan fingerprint density at radius 1 is 1.26 bits per heavy atom. The van der Waals surface area contributed by atoms with Crippen LogP contribution in [0.15, 0.2) is 24.3 Å². The van der Waals surface area contributed by atoms with E-state index >= 15 is 0 Å². The first-order valence-electron chi connectivity index (χ1n) is 8.06. The van der Waals surface area contributed by atoms with Gasteiger partial charge in [-0.1, -0.05) is 25.5 Å². The molecule has 5 nitrogen and oxygen atoms in total. The number of unbranched alkanes of at least 4 members (excludes halogenated alkanes) is 1. The van der Waals surface area contributed by atoms with Crippen molar-refractivity contribution in [3.8, 4) is 0 Å². The van der Waals surface area contributed by atoms with Crippen molar-refractivity contribution in [2.45, 2.75) is 25.8 Å². The molecule has 1 aliphatic heterocycles. The zero-order valence-corrected chi connectivity index (χ0v) is 14.3. The van der Waals surface area contributed by atoms with Crippen LogP contribution in [0.5, 0.6) is 0 Å². The second-order valence-corrected chi connectivity index (χ2v) is 7.66. The summed E-state index contributed by atoms with van der Waals surface area (Å²) in [6, 6.07) is 6.14. The van der Waals surface area contributed by atoms with Crippen LogP contribution in [0.1, 0.15) is 31.4 Å². The fourth-order valence-corrected chi connectivity index (χ4v) is 3.87. The lowest BCUT2D eigenvalue weighted by atomic mass is 10.0. The van der Waals surface area contributed by atoms with Crippen molar-refractivity contribution in [3.63, 3.8) is 0 Å². The first kappa shape index (κ1) is 18.3. The number of nitrogens with zero attached hydrogens (tertiary/aromatic N) is 1. The minimum absolute atomic E-state index is 0.115. The lowest BCUT2D eigenvalue weighted by Gasteiger charge is -2.34. The van der Waals surface area contributed by atoms with Crippen molar-refractivity contribution in [1.29, 1.82) is 0 Å². The van der Waals surface area contributed by atoms with Gasteiger partial charge in [0.25, 0.3) is 0 Å². The molecule has 2 rings (SSSR count). The third kappa shape index (κ3) is 5.84. The Morgan fingerprint density at radius 3 is 2.52 bits per heavy atom. The van der Waals surface area contributed by atoms with Gasteiger partial charge in [0.1, 0.15) is 5.82 Å². The molecule has 1 aromatic carbocycles. The standard InChI is InChI=1S/C16H25FN2O3S/c1-2-3-12-23(20,21)18-13-16(19-8-10-22-11-9-19)14-4-6-15(17)7-5-14/h4-7,16,18H,2-3,8-13H2,1H3. The van der Waals surface area contributed by atoms with Gasteiger partial charge in [0.15, 0.2) is 0 Å². The van der Waals surface area contributed by atoms with Crippen molar-refractivity contribution >= 4 is 10.0 Å². The molecule has 1 heterocycles. The van der Waals surface area contributed by atoms with E-state index in [1.165, 1.54) is 12.1 Å². The average molecular weight is 344 g/mol. The van der Waals surface area contributed by atoms with Gasteiger partial charge in [-0.15, -0.1) is 0 Å². The number of nitrogens with one attached hydrogen (secondary N) is 1. The first-order chi connectivity index (χ1) is 11.0. The Balaban J connectivity index is 2.08. The third-order valence-corrected chi connectivity index (χ3v) is 5.44. The van der Waals surface area contributed by atoms with Crippen LogP contribution >= 0.6 is 0 Å². The zero-order chi connectivity index (χ0) is 16.7. The molecule has 0 saturated carbocycles. The Hall–Kier alpha value is -1.02. The fourth-order valence-electron chi connectivity index (χ4n) is 2.64. The van der Waals surface area contributed by atoms with Gasteiger partial charge in [-0.05, 0) is 24.1 Å². The van der Waals surface area contributed by atoms with Crippen LogP contribution in [0.4, 0.5) is 4.39 Å². The highest BCUT2D eigenvalue weighted by Crippen LogP contribution is 2.22. The van der Waals surface area contributed by atoms with Gasteiger partial charge in [-0.25, -0.2) is 17.5 Å². The molecule has 7 heteroatoms. The van der Waals surface area contributed by atoms with E-state index in [4.69, 9.17) is 4.74 Å². The summed E-state index contributed by atoms with van der Waals surface area (Å²) >= 11 is 0. The first-order valence-corrected chi connectivity index (χ1v) is 9.71. The number of ether oxygens (including phenoxy) is 1. The van der Waals surface area contributed by atoms with E-state index in [1.807, 2.05) is 6.92 Å². The monoisotopic (exact) mass is 344 g/mol. The van der Waals surface area contributed by atoms with E-state index in [-0.39, 0.29) is 24.2 Å². The van der Waals surface area contributed by atoms with Gasteiger partial charge in [0, 0.05) is 25.7 Å². The van der Waals surface area contributed by atoms with Crippen LogP contribution in [0.2, 0.25) is 0 Å². The molecular formula is C16H25FN2O3S. The maximum absolute atomic E-state index is 13.2. The summed E-state index contributed by atoms with van der Waals surface area (Å²) in [5.41, 5.74) is 0.909. The number of morpholine rings is 1. The molecule has 23 heavy (non-hydrogen) atoms. The highest BCUT2D eigenvalue weighted by Gasteiger charge is 2.24. The summed E-state index contributed by atoms with van der Waals surface area (Å²) in [4.78, 5) is 2.18. The van der Waals surface area contributed by atoms with Crippen LogP contribution in [-0.4, -0.2) is 51.9 Å². The SMILES string of the molecule is CCCCS(=O)(=O)NCC(c1ccc(F)cc1)N1CCOCC1. The maximum Gasteiger partial charge on any atom is 0.211 e. The van der Waals surface area contributed by atoms with Gasteiger partial charge in [0.05, 0.1) is 19.0 Å². The molecule has 1 aliphatic rings. The molecule has 0 aliphatic carbocycles. The van der Waals surface area contributed by atoms with E-state index in [0.717, 1.165) is 25.1 Å². The van der Waals surface area contributed by atoms with Crippen molar-refractivity contribution in [3.05, 3.63) is 35.6 Å². The van der Waals surface area contributed by atoms with E-state index in [0.29, 0.717) is 19.6 Å². The Morgan fingerprint density at radius 2 is 1.91 bits per heavy atom. The number of hydrogen-bond donors (Lipinski definition) is 1. The summed E-state index contributed by atoms with van der Waals surface area (Å²) in [5, 5.41) is 0. The summed E-state index contributed by atoms with van der Waals surface area (Å²) in [6.07, 6.45) is 1.49. The van der Waals surface area contributed by atoms with Gasteiger partial charge < -0.3 is 4.74 Å². The Kier molecular flexibility index (Phi) is 6.95. The van der Waals surface area contributed by atoms with Crippen molar-refractivity contribution in [1.82, 2.24) is 9.62 Å². The molecule has 1 unspecified atom stereocenters. The van der Waals surface area contributed by atoms with Gasteiger partial charge >= 0.3 is 0 Å². The second kappa shape index (κ2) is 8.73. The summed E-state index contributed by atoms with van der Waals surface area (Å²) in [5.74, 6) is -0.152. The number of halogens is 1. The van der Waals surface area contributed by atoms with Crippen molar-refractivity contribution in [2.75, 3.05) is 38.6 Å². The largest absolute Gasteiger partial charge is 0.379 e. The third-order valence-electron chi connectivity index (χ3n) is 4.00. The number of sulfonamides is 1. The lowest BCUT2D eigenvalue weighted by Crippen LogP contribution is -2.44. The second-order valence-electron chi connectivity index (χ2n) is 5.74. The molecule has 0 aromatic heterocycles. The van der Waals surface area contributed by atoms with E-state index in [1.54, 1.807) is 12.1 Å². The van der Waals surface area contributed by atoms with Crippen LogP contribution in [0.3, 0.4) is 0 Å². The predicted molar refractivity (Wildman–Crippen MR) is 88.2 cm³/mol.